The van der Waals surface area contributed by atoms with Crippen LogP contribution in [0.1, 0.15) is 24.8 Å². The SMILES string of the molecule is O=C(O)CN(C1(c2cccc(-c3cc(Cl)cc(Cl)c3)c2)CCC1)S(=O)(=O)c1ccccc1. The lowest BCUT2D eigenvalue weighted by atomic mass is 9.71. The normalized spacial score (nSPS) is 15.3. The van der Waals surface area contributed by atoms with Crippen LogP contribution in [-0.2, 0) is 20.4 Å². The monoisotopic (exact) mass is 489 g/mol. The maximum atomic E-state index is 13.6. The number of hydrogen-bond donors (Lipinski definition) is 1. The molecule has 0 radical (unpaired) electrons. The van der Waals surface area contributed by atoms with Crippen molar-refractivity contribution in [1.82, 2.24) is 4.31 Å². The molecule has 0 aromatic heterocycles. The van der Waals surface area contributed by atoms with Crippen molar-refractivity contribution in [2.24, 2.45) is 0 Å². The Morgan fingerprint density at radius 1 is 0.906 bits per heavy atom. The van der Waals surface area contributed by atoms with Gasteiger partial charge in [-0.3, -0.25) is 4.79 Å². The van der Waals surface area contributed by atoms with Gasteiger partial charge in [-0.2, -0.15) is 4.31 Å². The average molecular weight is 490 g/mol. The summed E-state index contributed by atoms with van der Waals surface area (Å²) in [4.78, 5) is 11.8. The number of carbonyl (C=O) groups is 1. The van der Waals surface area contributed by atoms with Crippen LogP contribution < -0.4 is 0 Å². The molecular weight excluding hydrogens is 469 g/mol. The number of aliphatic carboxylic acids is 1. The van der Waals surface area contributed by atoms with E-state index in [4.69, 9.17) is 23.2 Å². The van der Waals surface area contributed by atoms with Crippen LogP contribution in [0.4, 0.5) is 0 Å². The molecule has 0 unspecified atom stereocenters. The summed E-state index contributed by atoms with van der Waals surface area (Å²) in [5, 5.41) is 10.6. The lowest BCUT2D eigenvalue weighted by Gasteiger charge is -2.49. The number of halogens is 2. The van der Waals surface area contributed by atoms with Gasteiger partial charge in [-0.1, -0.05) is 59.6 Å². The van der Waals surface area contributed by atoms with Crippen molar-refractivity contribution in [1.29, 1.82) is 0 Å². The fraction of sp³-hybridized carbons (Fsp3) is 0.208. The summed E-state index contributed by atoms with van der Waals surface area (Å²) in [7, 11) is -4.04. The zero-order chi connectivity index (χ0) is 22.9. The first-order valence-electron chi connectivity index (χ1n) is 10.1. The molecule has 0 bridgehead atoms. The predicted octanol–water partition coefficient (Wildman–Crippen LogP) is 5.82. The second kappa shape index (κ2) is 8.87. The number of carboxylic acid groups (broad SMARTS) is 1. The molecule has 3 aromatic rings. The summed E-state index contributed by atoms with van der Waals surface area (Å²) in [6.45, 7) is -0.621. The van der Waals surface area contributed by atoms with Gasteiger partial charge in [-0.15, -0.1) is 0 Å². The van der Waals surface area contributed by atoms with Crippen molar-refractivity contribution in [3.8, 4) is 11.1 Å². The van der Waals surface area contributed by atoms with Crippen LogP contribution in [0.5, 0.6) is 0 Å². The van der Waals surface area contributed by atoms with Gasteiger partial charge in [-0.05, 0) is 72.4 Å². The third kappa shape index (κ3) is 4.28. The first-order valence-corrected chi connectivity index (χ1v) is 12.3. The number of hydrogen-bond acceptors (Lipinski definition) is 3. The van der Waals surface area contributed by atoms with E-state index in [1.54, 1.807) is 36.4 Å². The van der Waals surface area contributed by atoms with Crippen molar-refractivity contribution in [3.05, 3.63) is 88.4 Å². The first kappa shape index (κ1) is 22.8. The van der Waals surface area contributed by atoms with Gasteiger partial charge in [0.15, 0.2) is 0 Å². The Bertz CT molecular complexity index is 1240. The maximum Gasteiger partial charge on any atom is 0.318 e. The van der Waals surface area contributed by atoms with Crippen LogP contribution in [0.2, 0.25) is 10.0 Å². The number of nitrogens with zero attached hydrogens (tertiary/aromatic N) is 1. The van der Waals surface area contributed by atoms with Crippen molar-refractivity contribution in [2.45, 2.75) is 29.7 Å². The second-order valence-corrected chi connectivity index (χ2v) is 10.6. The highest BCUT2D eigenvalue weighted by Gasteiger charge is 2.50. The lowest BCUT2D eigenvalue weighted by Crippen LogP contribution is -2.55. The van der Waals surface area contributed by atoms with Gasteiger partial charge in [0.2, 0.25) is 10.0 Å². The van der Waals surface area contributed by atoms with Gasteiger partial charge in [0.1, 0.15) is 6.54 Å². The lowest BCUT2D eigenvalue weighted by molar-refractivity contribution is -0.139. The highest BCUT2D eigenvalue weighted by Crippen LogP contribution is 2.49. The van der Waals surface area contributed by atoms with Crippen LogP contribution >= 0.6 is 23.2 Å². The van der Waals surface area contributed by atoms with E-state index in [-0.39, 0.29) is 4.90 Å². The molecule has 1 aliphatic carbocycles. The van der Waals surface area contributed by atoms with Crippen molar-refractivity contribution < 1.29 is 18.3 Å². The molecule has 0 aliphatic heterocycles. The molecule has 8 heteroatoms. The zero-order valence-electron chi connectivity index (χ0n) is 17.0. The molecule has 3 aromatic carbocycles. The Morgan fingerprint density at radius 3 is 2.12 bits per heavy atom. The summed E-state index contributed by atoms with van der Waals surface area (Å²) in [5.74, 6) is -1.20. The van der Waals surface area contributed by atoms with E-state index >= 15 is 0 Å². The van der Waals surface area contributed by atoms with E-state index in [0.717, 1.165) is 27.4 Å². The van der Waals surface area contributed by atoms with E-state index in [0.29, 0.717) is 22.9 Å². The first-order chi connectivity index (χ1) is 15.2. The van der Waals surface area contributed by atoms with Gasteiger partial charge >= 0.3 is 5.97 Å². The summed E-state index contributed by atoms with van der Waals surface area (Å²) >= 11 is 12.3. The van der Waals surface area contributed by atoms with Crippen molar-refractivity contribution in [2.75, 3.05) is 6.54 Å². The Morgan fingerprint density at radius 2 is 1.56 bits per heavy atom. The predicted molar refractivity (Wildman–Crippen MR) is 125 cm³/mol. The van der Waals surface area contributed by atoms with Crippen LogP contribution in [-0.4, -0.2) is 30.3 Å². The van der Waals surface area contributed by atoms with Crippen LogP contribution in [0.15, 0.2) is 77.7 Å². The molecule has 0 amide bonds. The van der Waals surface area contributed by atoms with E-state index in [1.165, 1.54) is 12.1 Å². The summed E-state index contributed by atoms with van der Waals surface area (Å²) in [6, 6.07) is 20.7. The molecule has 0 heterocycles. The standard InChI is InChI=1S/C24H21Cl2NO4S/c25-20-13-18(14-21(26)15-20)17-6-4-7-19(12-17)24(10-5-11-24)27(16-23(28)29)32(30,31)22-8-2-1-3-9-22/h1-4,6-9,12-15H,5,10-11,16H2,(H,28,29). The molecule has 1 fully saturated rings. The molecule has 5 nitrogen and oxygen atoms in total. The molecule has 0 saturated heterocycles. The molecule has 32 heavy (non-hydrogen) atoms. The van der Waals surface area contributed by atoms with Crippen LogP contribution in [0, 0.1) is 0 Å². The van der Waals surface area contributed by atoms with Gasteiger partial charge in [0.05, 0.1) is 10.4 Å². The smallest absolute Gasteiger partial charge is 0.318 e. The van der Waals surface area contributed by atoms with E-state index < -0.39 is 28.1 Å². The minimum absolute atomic E-state index is 0.0744. The van der Waals surface area contributed by atoms with Crippen molar-refractivity contribution in [3.63, 3.8) is 0 Å². The number of sulfonamides is 1. The van der Waals surface area contributed by atoms with Crippen LogP contribution in [0.25, 0.3) is 11.1 Å². The molecule has 166 valence electrons. The minimum atomic E-state index is -4.04. The number of carboxylic acids is 1. The zero-order valence-corrected chi connectivity index (χ0v) is 19.4. The van der Waals surface area contributed by atoms with Gasteiger partial charge < -0.3 is 5.11 Å². The molecule has 0 atom stereocenters. The minimum Gasteiger partial charge on any atom is -0.480 e. The second-order valence-electron chi connectivity index (χ2n) is 7.84. The van der Waals surface area contributed by atoms with Gasteiger partial charge in [-0.25, -0.2) is 8.42 Å². The quantitative estimate of drug-likeness (QED) is 0.453. The largest absolute Gasteiger partial charge is 0.480 e. The van der Waals surface area contributed by atoms with E-state index in [1.807, 2.05) is 24.3 Å². The van der Waals surface area contributed by atoms with E-state index in [2.05, 4.69) is 0 Å². The highest BCUT2D eigenvalue weighted by atomic mass is 35.5. The Labute approximate surface area is 197 Å². The fourth-order valence-electron chi connectivity index (χ4n) is 4.21. The average Bonchev–Trinajstić information content (AvgIpc) is 2.72. The Kier molecular flexibility index (Phi) is 6.32. The fourth-order valence-corrected chi connectivity index (χ4v) is 6.52. The highest BCUT2D eigenvalue weighted by molar-refractivity contribution is 7.89. The number of benzene rings is 3. The van der Waals surface area contributed by atoms with E-state index in [9.17, 15) is 18.3 Å². The number of rotatable bonds is 7. The molecule has 0 spiro atoms. The summed E-state index contributed by atoms with van der Waals surface area (Å²) in [5.41, 5.74) is 1.43. The molecule has 1 saturated carbocycles. The molecule has 1 aliphatic rings. The Hall–Kier alpha value is -2.38. The summed E-state index contributed by atoms with van der Waals surface area (Å²) in [6.07, 6.45) is 1.87. The third-order valence-corrected chi connectivity index (χ3v) is 8.23. The summed E-state index contributed by atoms with van der Waals surface area (Å²) < 4.78 is 28.2. The van der Waals surface area contributed by atoms with Crippen LogP contribution in [0.3, 0.4) is 0 Å². The molecule has 4 rings (SSSR count). The molecular formula is C24H21Cl2NO4S. The maximum absolute atomic E-state index is 13.6. The van der Waals surface area contributed by atoms with Crippen molar-refractivity contribution >= 4 is 39.2 Å². The topological polar surface area (TPSA) is 74.7 Å². The third-order valence-electron chi connectivity index (χ3n) is 5.86. The van der Waals surface area contributed by atoms with Gasteiger partial charge in [0.25, 0.3) is 0 Å². The Balaban J connectivity index is 1.83. The molecule has 1 N–H and O–H groups in total. The van der Waals surface area contributed by atoms with Gasteiger partial charge in [0, 0.05) is 10.0 Å².